The van der Waals surface area contributed by atoms with Gasteiger partial charge in [-0.25, -0.2) is 4.98 Å². The molecule has 1 fully saturated rings. The van der Waals surface area contributed by atoms with Gasteiger partial charge in [0.15, 0.2) is 11.5 Å². The van der Waals surface area contributed by atoms with Gasteiger partial charge in [-0.05, 0) is 25.0 Å². The highest BCUT2D eigenvalue weighted by atomic mass is 16.5. The molecule has 28 heavy (non-hydrogen) atoms. The number of nitriles is 1. The number of hydrogen-bond donors (Lipinski definition) is 1. The van der Waals surface area contributed by atoms with Crippen LogP contribution >= 0.6 is 0 Å². The number of methoxy groups -OCH3 is 3. The van der Waals surface area contributed by atoms with Crippen LogP contribution in [0.25, 0.3) is 11.3 Å². The standard InChI is InChI=1S/C20H24N4O4/c1-26-15-10-13(11-16(27-2)18(15)28-3)17-14(12-21)19(25)23-20(22-17)24-8-6-4-5-7-9-24/h10-11H,4-9H2,1-3H3,(H,22,23,25). The molecule has 148 valence electrons. The van der Waals surface area contributed by atoms with E-state index in [0.717, 1.165) is 38.8 Å². The lowest BCUT2D eigenvalue weighted by atomic mass is 10.1. The number of benzene rings is 1. The summed E-state index contributed by atoms with van der Waals surface area (Å²) in [6.07, 6.45) is 4.42. The lowest BCUT2D eigenvalue weighted by Gasteiger charge is -2.21. The van der Waals surface area contributed by atoms with Crippen molar-refractivity contribution in [2.75, 3.05) is 39.3 Å². The summed E-state index contributed by atoms with van der Waals surface area (Å²) >= 11 is 0. The second-order valence-corrected chi connectivity index (χ2v) is 6.54. The SMILES string of the molecule is COc1cc(-c2nc(N3CCCCCC3)[nH]c(=O)c2C#N)cc(OC)c1OC. The third-order valence-corrected chi connectivity index (χ3v) is 4.86. The first kappa shape index (κ1) is 19.5. The molecule has 1 aromatic heterocycles. The first-order valence-corrected chi connectivity index (χ1v) is 9.22. The van der Waals surface area contributed by atoms with Crippen LogP contribution < -0.4 is 24.7 Å². The van der Waals surface area contributed by atoms with Crippen LogP contribution in [-0.2, 0) is 0 Å². The number of H-pyrrole nitrogens is 1. The molecule has 0 spiro atoms. The molecule has 1 saturated heterocycles. The summed E-state index contributed by atoms with van der Waals surface area (Å²) in [5.74, 6) is 1.78. The van der Waals surface area contributed by atoms with E-state index >= 15 is 0 Å². The summed E-state index contributed by atoms with van der Waals surface area (Å²) in [4.78, 5) is 22.1. The minimum Gasteiger partial charge on any atom is -0.493 e. The molecule has 2 aromatic rings. The van der Waals surface area contributed by atoms with Crippen LogP contribution in [0.1, 0.15) is 31.2 Å². The van der Waals surface area contributed by atoms with Gasteiger partial charge < -0.3 is 19.1 Å². The summed E-state index contributed by atoms with van der Waals surface area (Å²) in [6.45, 7) is 1.65. The zero-order valence-corrected chi connectivity index (χ0v) is 16.4. The van der Waals surface area contributed by atoms with E-state index in [1.165, 1.54) is 21.3 Å². The number of nitrogens with one attached hydrogen (secondary N) is 1. The average Bonchev–Trinajstić information content (AvgIpc) is 3.01. The minimum atomic E-state index is -0.458. The number of ether oxygens (including phenoxy) is 3. The van der Waals surface area contributed by atoms with Gasteiger partial charge >= 0.3 is 0 Å². The predicted molar refractivity (Wildman–Crippen MR) is 105 cm³/mol. The van der Waals surface area contributed by atoms with E-state index in [2.05, 4.69) is 14.9 Å². The topological polar surface area (TPSA) is 100 Å². The molecule has 1 N–H and O–H groups in total. The van der Waals surface area contributed by atoms with Crippen molar-refractivity contribution >= 4 is 5.95 Å². The molecule has 1 aliphatic heterocycles. The van der Waals surface area contributed by atoms with Gasteiger partial charge in [-0.15, -0.1) is 0 Å². The zero-order valence-electron chi connectivity index (χ0n) is 16.4. The minimum absolute atomic E-state index is 0.0483. The Morgan fingerprint density at radius 1 is 1.04 bits per heavy atom. The largest absolute Gasteiger partial charge is 0.493 e. The number of hydrogen-bond acceptors (Lipinski definition) is 7. The Balaban J connectivity index is 2.18. The van der Waals surface area contributed by atoms with Crippen LogP contribution in [0.15, 0.2) is 16.9 Å². The Morgan fingerprint density at radius 3 is 2.14 bits per heavy atom. The maximum Gasteiger partial charge on any atom is 0.270 e. The van der Waals surface area contributed by atoms with E-state index in [0.29, 0.717) is 34.5 Å². The molecule has 0 atom stereocenters. The summed E-state index contributed by atoms with van der Waals surface area (Å²) < 4.78 is 16.1. The third kappa shape index (κ3) is 3.74. The van der Waals surface area contributed by atoms with Crippen molar-refractivity contribution < 1.29 is 14.2 Å². The number of aromatic amines is 1. The van der Waals surface area contributed by atoms with Crippen LogP contribution in [0.2, 0.25) is 0 Å². The number of rotatable bonds is 5. The Hall–Kier alpha value is -3.21. The van der Waals surface area contributed by atoms with E-state index in [1.807, 2.05) is 6.07 Å². The van der Waals surface area contributed by atoms with Crippen molar-refractivity contribution in [1.29, 1.82) is 5.26 Å². The first-order valence-electron chi connectivity index (χ1n) is 9.22. The van der Waals surface area contributed by atoms with E-state index < -0.39 is 5.56 Å². The Kier molecular flexibility index (Phi) is 6.04. The van der Waals surface area contributed by atoms with Gasteiger partial charge in [-0.1, -0.05) is 12.8 Å². The van der Waals surface area contributed by atoms with E-state index in [1.54, 1.807) is 12.1 Å². The lowest BCUT2D eigenvalue weighted by Crippen LogP contribution is -2.29. The predicted octanol–water partition coefficient (Wildman–Crippen LogP) is 2.71. The van der Waals surface area contributed by atoms with Gasteiger partial charge in [0.05, 0.1) is 27.0 Å². The number of nitrogens with zero attached hydrogens (tertiary/aromatic N) is 3. The molecule has 0 unspecified atom stereocenters. The monoisotopic (exact) mass is 384 g/mol. The zero-order chi connectivity index (χ0) is 20.1. The molecule has 1 aromatic carbocycles. The van der Waals surface area contributed by atoms with Crippen LogP contribution in [0.3, 0.4) is 0 Å². The van der Waals surface area contributed by atoms with Gasteiger partial charge in [0.2, 0.25) is 11.7 Å². The molecular weight excluding hydrogens is 360 g/mol. The van der Waals surface area contributed by atoms with E-state index in [9.17, 15) is 10.1 Å². The van der Waals surface area contributed by atoms with Crippen LogP contribution in [-0.4, -0.2) is 44.4 Å². The quantitative estimate of drug-likeness (QED) is 0.846. The normalized spacial score (nSPS) is 14.1. The molecule has 0 radical (unpaired) electrons. The van der Waals surface area contributed by atoms with Gasteiger partial charge in [0.25, 0.3) is 5.56 Å². The average molecular weight is 384 g/mol. The Labute approximate surface area is 163 Å². The fraction of sp³-hybridized carbons (Fsp3) is 0.450. The van der Waals surface area contributed by atoms with Crippen molar-refractivity contribution in [2.45, 2.75) is 25.7 Å². The highest BCUT2D eigenvalue weighted by Crippen LogP contribution is 2.41. The Bertz CT molecular complexity index is 915. The molecule has 8 heteroatoms. The molecule has 8 nitrogen and oxygen atoms in total. The third-order valence-electron chi connectivity index (χ3n) is 4.86. The second-order valence-electron chi connectivity index (χ2n) is 6.54. The van der Waals surface area contributed by atoms with Gasteiger partial charge in [0, 0.05) is 18.7 Å². The molecular formula is C20H24N4O4. The van der Waals surface area contributed by atoms with Crippen molar-refractivity contribution in [1.82, 2.24) is 9.97 Å². The summed E-state index contributed by atoms with van der Waals surface area (Å²) in [5, 5.41) is 9.55. The number of aromatic nitrogens is 2. The molecule has 0 saturated carbocycles. The highest BCUT2D eigenvalue weighted by molar-refractivity contribution is 5.73. The van der Waals surface area contributed by atoms with Crippen molar-refractivity contribution in [3.8, 4) is 34.6 Å². The Morgan fingerprint density at radius 2 is 1.64 bits per heavy atom. The summed E-state index contributed by atoms with van der Waals surface area (Å²) in [7, 11) is 4.55. The van der Waals surface area contributed by atoms with Crippen LogP contribution in [0.4, 0.5) is 5.95 Å². The fourth-order valence-corrected chi connectivity index (χ4v) is 3.42. The molecule has 2 heterocycles. The second kappa shape index (κ2) is 8.65. The molecule has 0 bridgehead atoms. The van der Waals surface area contributed by atoms with Crippen LogP contribution in [0, 0.1) is 11.3 Å². The lowest BCUT2D eigenvalue weighted by molar-refractivity contribution is 0.324. The first-order chi connectivity index (χ1) is 13.6. The molecule has 0 amide bonds. The van der Waals surface area contributed by atoms with Crippen molar-refractivity contribution in [2.24, 2.45) is 0 Å². The van der Waals surface area contributed by atoms with Gasteiger partial charge in [0.1, 0.15) is 11.6 Å². The maximum atomic E-state index is 12.6. The summed E-state index contributed by atoms with van der Waals surface area (Å²) in [6, 6.07) is 5.35. The van der Waals surface area contributed by atoms with Gasteiger partial charge in [-0.3, -0.25) is 9.78 Å². The smallest absolute Gasteiger partial charge is 0.270 e. The van der Waals surface area contributed by atoms with E-state index in [-0.39, 0.29) is 5.56 Å². The van der Waals surface area contributed by atoms with Crippen LogP contribution in [0.5, 0.6) is 17.2 Å². The maximum absolute atomic E-state index is 12.6. The van der Waals surface area contributed by atoms with Crippen molar-refractivity contribution in [3.63, 3.8) is 0 Å². The van der Waals surface area contributed by atoms with Gasteiger partial charge in [-0.2, -0.15) is 5.26 Å². The highest BCUT2D eigenvalue weighted by Gasteiger charge is 2.21. The summed E-state index contributed by atoms with van der Waals surface area (Å²) in [5.41, 5.74) is 0.339. The molecule has 1 aliphatic rings. The molecule has 3 rings (SSSR count). The number of anilines is 1. The molecule has 0 aliphatic carbocycles. The van der Waals surface area contributed by atoms with Crippen molar-refractivity contribution in [3.05, 3.63) is 28.0 Å². The van der Waals surface area contributed by atoms with E-state index in [4.69, 9.17) is 14.2 Å². The fourth-order valence-electron chi connectivity index (χ4n) is 3.42.